The molecule has 0 aromatic heterocycles. The summed E-state index contributed by atoms with van der Waals surface area (Å²) in [6.45, 7) is 2.16. The zero-order valence-electron chi connectivity index (χ0n) is 12.5. The van der Waals surface area contributed by atoms with Crippen LogP contribution in [0.4, 0.5) is 26.2 Å². The molecule has 4 nitrogen and oxygen atoms in total. The second-order valence-corrected chi connectivity index (χ2v) is 5.86. The first kappa shape index (κ1) is 15.6. The summed E-state index contributed by atoms with van der Waals surface area (Å²) in [5.41, 5.74) is 2.29. The summed E-state index contributed by atoms with van der Waals surface area (Å²) < 4.78 is 13.1. The predicted molar refractivity (Wildman–Crippen MR) is 91.9 cm³/mol. The van der Waals surface area contributed by atoms with Crippen LogP contribution in [0.15, 0.2) is 42.5 Å². The Bertz CT molecular complexity index is 699. The van der Waals surface area contributed by atoms with Crippen molar-refractivity contribution in [3.63, 3.8) is 0 Å². The van der Waals surface area contributed by atoms with Crippen molar-refractivity contribution in [2.24, 2.45) is 0 Å². The highest BCUT2D eigenvalue weighted by Crippen LogP contribution is 2.23. The van der Waals surface area contributed by atoms with Gasteiger partial charge in [-0.25, -0.2) is 9.18 Å². The molecule has 0 atom stereocenters. The second-order valence-electron chi connectivity index (χ2n) is 5.45. The zero-order valence-corrected chi connectivity index (χ0v) is 13.2. The van der Waals surface area contributed by atoms with E-state index in [1.165, 1.54) is 36.7 Å². The van der Waals surface area contributed by atoms with Crippen LogP contribution in [0.2, 0.25) is 5.02 Å². The smallest absolute Gasteiger partial charge is 0.323 e. The van der Waals surface area contributed by atoms with Gasteiger partial charge in [-0.15, -0.1) is 0 Å². The number of carbonyl (C=O) groups excluding carboxylic acids is 1. The number of halogens is 2. The molecule has 0 saturated carbocycles. The number of urea groups is 1. The molecular formula is C17H17ClFN3O. The Morgan fingerprint density at radius 1 is 1.00 bits per heavy atom. The highest BCUT2D eigenvalue weighted by Gasteiger charge is 2.12. The van der Waals surface area contributed by atoms with Crippen LogP contribution in [0.3, 0.4) is 0 Å². The van der Waals surface area contributed by atoms with Gasteiger partial charge in [0.05, 0.1) is 5.02 Å². The van der Waals surface area contributed by atoms with E-state index < -0.39 is 11.8 Å². The van der Waals surface area contributed by atoms with Crippen molar-refractivity contribution in [3.05, 3.63) is 53.3 Å². The Kier molecular flexibility index (Phi) is 4.67. The van der Waals surface area contributed by atoms with E-state index in [1.54, 1.807) is 0 Å². The second kappa shape index (κ2) is 6.87. The van der Waals surface area contributed by atoms with E-state index in [-0.39, 0.29) is 5.02 Å². The van der Waals surface area contributed by atoms with Crippen LogP contribution < -0.4 is 15.5 Å². The third kappa shape index (κ3) is 3.93. The monoisotopic (exact) mass is 333 g/mol. The molecule has 0 bridgehead atoms. The standard InChI is InChI=1S/C17H17ClFN3O/c18-15-11-13(5-8-16(15)19)21-17(23)20-12-3-6-14(7-4-12)22-9-1-2-10-22/h3-8,11H,1-2,9-10H2,(H2,20,21,23). The summed E-state index contributed by atoms with van der Waals surface area (Å²) in [5.74, 6) is -0.518. The number of hydrogen-bond acceptors (Lipinski definition) is 2. The van der Waals surface area contributed by atoms with Gasteiger partial charge < -0.3 is 15.5 Å². The van der Waals surface area contributed by atoms with Gasteiger partial charge >= 0.3 is 6.03 Å². The maximum atomic E-state index is 13.1. The largest absolute Gasteiger partial charge is 0.372 e. The van der Waals surface area contributed by atoms with Gasteiger partial charge in [-0.2, -0.15) is 0 Å². The van der Waals surface area contributed by atoms with Crippen molar-refractivity contribution in [2.75, 3.05) is 28.6 Å². The molecule has 120 valence electrons. The fourth-order valence-electron chi connectivity index (χ4n) is 2.60. The molecule has 1 saturated heterocycles. The van der Waals surface area contributed by atoms with Crippen LogP contribution in [0.5, 0.6) is 0 Å². The number of amides is 2. The zero-order chi connectivity index (χ0) is 16.2. The average molecular weight is 334 g/mol. The molecule has 0 radical (unpaired) electrons. The normalized spacial score (nSPS) is 13.9. The van der Waals surface area contributed by atoms with Gasteiger partial charge in [0.25, 0.3) is 0 Å². The third-order valence-electron chi connectivity index (χ3n) is 3.77. The minimum absolute atomic E-state index is 0.0298. The van der Waals surface area contributed by atoms with Crippen LogP contribution in [0.1, 0.15) is 12.8 Å². The summed E-state index contributed by atoms with van der Waals surface area (Å²) in [7, 11) is 0. The minimum atomic E-state index is -0.518. The molecule has 2 aromatic rings. The van der Waals surface area contributed by atoms with E-state index in [0.717, 1.165) is 13.1 Å². The van der Waals surface area contributed by atoms with Gasteiger partial charge in [-0.3, -0.25) is 0 Å². The topological polar surface area (TPSA) is 44.4 Å². The van der Waals surface area contributed by atoms with Crippen molar-refractivity contribution >= 4 is 34.7 Å². The van der Waals surface area contributed by atoms with E-state index in [9.17, 15) is 9.18 Å². The Labute approximate surface area is 139 Å². The average Bonchev–Trinajstić information content (AvgIpc) is 3.06. The molecular weight excluding hydrogens is 317 g/mol. The first-order valence-corrected chi connectivity index (χ1v) is 7.88. The van der Waals surface area contributed by atoms with Gasteiger partial charge in [0.2, 0.25) is 0 Å². The quantitative estimate of drug-likeness (QED) is 0.853. The molecule has 1 aliphatic rings. The van der Waals surface area contributed by atoms with Crippen LogP contribution in [-0.2, 0) is 0 Å². The van der Waals surface area contributed by atoms with Crippen molar-refractivity contribution < 1.29 is 9.18 Å². The third-order valence-corrected chi connectivity index (χ3v) is 4.06. The molecule has 6 heteroatoms. The molecule has 2 N–H and O–H groups in total. The van der Waals surface area contributed by atoms with Crippen LogP contribution in [-0.4, -0.2) is 19.1 Å². The number of nitrogens with one attached hydrogen (secondary N) is 2. The van der Waals surface area contributed by atoms with Gasteiger partial charge in [-0.05, 0) is 55.3 Å². The Balaban J connectivity index is 1.59. The maximum Gasteiger partial charge on any atom is 0.323 e. The SMILES string of the molecule is O=C(Nc1ccc(N2CCCC2)cc1)Nc1ccc(F)c(Cl)c1. The lowest BCUT2D eigenvalue weighted by Gasteiger charge is -2.17. The van der Waals surface area contributed by atoms with Crippen LogP contribution in [0.25, 0.3) is 0 Å². The lowest BCUT2D eigenvalue weighted by molar-refractivity contribution is 0.262. The number of nitrogens with zero attached hydrogens (tertiary/aromatic N) is 1. The molecule has 1 aliphatic heterocycles. The first-order valence-electron chi connectivity index (χ1n) is 7.50. The lowest BCUT2D eigenvalue weighted by Crippen LogP contribution is -2.20. The number of anilines is 3. The molecule has 0 aliphatic carbocycles. The van der Waals surface area contributed by atoms with Crippen LogP contribution in [0, 0.1) is 5.82 Å². The highest BCUT2D eigenvalue weighted by atomic mass is 35.5. The molecule has 2 aromatic carbocycles. The summed E-state index contributed by atoms with van der Waals surface area (Å²) in [6, 6.07) is 11.4. The van der Waals surface area contributed by atoms with Gasteiger partial charge in [-0.1, -0.05) is 11.6 Å². The summed E-state index contributed by atoms with van der Waals surface area (Å²) in [4.78, 5) is 14.3. The maximum absolute atomic E-state index is 13.1. The van der Waals surface area contributed by atoms with Crippen molar-refractivity contribution in [1.82, 2.24) is 0 Å². The summed E-state index contributed by atoms with van der Waals surface area (Å²) in [5, 5.41) is 5.32. The lowest BCUT2D eigenvalue weighted by atomic mass is 10.2. The van der Waals surface area contributed by atoms with Crippen molar-refractivity contribution in [2.45, 2.75) is 12.8 Å². The van der Waals surface area contributed by atoms with E-state index >= 15 is 0 Å². The molecule has 1 heterocycles. The van der Waals surface area contributed by atoms with Crippen LogP contribution >= 0.6 is 11.6 Å². The Morgan fingerprint density at radius 3 is 2.26 bits per heavy atom. The number of benzene rings is 2. The van der Waals surface area contributed by atoms with Crippen molar-refractivity contribution in [3.8, 4) is 0 Å². The van der Waals surface area contributed by atoms with E-state index in [1.807, 2.05) is 24.3 Å². The van der Waals surface area contributed by atoms with Gasteiger partial charge in [0.15, 0.2) is 0 Å². The van der Waals surface area contributed by atoms with Crippen molar-refractivity contribution in [1.29, 1.82) is 0 Å². The van der Waals surface area contributed by atoms with E-state index in [2.05, 4.69) is 15.5 Å². The summed E-state index contributed by atoms with van der Waals surface area (Å²) >= 11 is 5.69. The molecule has 1 fully saturated rings. The minimum Gasteiger partial charge on any atom is -0.372 e. The predicted octanol–water partition coefficient (Wildman–Crippen LogP) is 4.72. The molecule has 0 unspecified atom stereocenters. The van der Waals surface area contributed by atoms with Gasteiger partial charge in [0, 0.05) is 30.2 Å². The fraction of sp³-hybridized carbons (Fsp3) is 0.235. The molecule has 0 spiro atoms. The Hall–Kier alpha value is -2.27. The van der Waals surface area contributed by atoms with E-state index in [0.29, 0.717) is 11.4 Å². The number of carbonyl (C=O) groups is 1. The molecule has 3 rings (SSSR count). The first-order chi connectivity index (χ1) is 11.1. The molecule has 2 amide bonds. The number of rotatable bonds is 3. The van der Waals surface area contributed by atoms with Gasteiger partial charge in [0.1, 0.15) is 5.82 Å². The van der Waals surface area contributed by atoms with E-state index in [4.69, 9.17) is 11.6 Å². The fourth-order valence-corrected chi connectivity index (χ4v) is 2.78. The highest BCUT2D eigenvalue weighted by molar-refractivity contribution is 6.31. The Morgan fingerprint density at radius 2 is 1.61 bits per heavy atom. The number of hydrogen-bond donors (Lipinski definition) is 2. The molecule has 23 heavy (non-hydrogen) atoms. The summed E-state index contributed by atoms with van der Waals surface area (Å²) in [6.07, 6.45) is 2.45.